The minimum absolute atomic E-state index is 0.937. The van der Waals surface area contributed by atoms with Gasteiger partial charge in [0.2, 0.25) is 0 Å². The molecule has 0 amide bonds. The second kappa shape index (κ2) is 2.79. The SMILES string of the molecule is [CH2]c1csc2c(OC)cccc12. The van der Waals surface area contributed by atoms with E-state index in [1.54, 1.807) is 18.4 Å². The molecular weight excluding hydrogens is 168 g/mol. The van der Waals surface area contributed by atoms with Crippen LogP contribution in [0.3, 0.4) is 0 Å². The van der Waals surface area contributed by atoms with E-state index in [1.165, 1.54) is 10.1 Å². The summed E-state index contributed by atoms with van der Waals surface area (Å²) in [7, 11) is 1.69. The zero-order valence-electron chi connectivity index (χ0n) is 6.83. The lowest BCUT2D eigenvalue weighted by Gasteiger charge is -1.99. The van der Waals surface area contributed by atoms with Gasteiger partial charge in [-0.15, -0.1) is 11.3 Å². The fourth-order valence-electron chi connectivity index (χ4n) is 1.24. The third kappa shape index (κ3) is 0.994. The Labute approximate surface area is 75.6 Å². The summed E-state index contributed by atoms with van der Waals surface area (Å²) in [4.78, 5) is 0. The highest BCUT2D eigenvalue weighted by Crippen LogP contribution is 2.32. The van der Waals surface area contributed by atoms with Gasteiger partial charge in [-0.25, -0.2) is 0 Å². The van der Waals surface area contributed by atoms with Gasteiger partial charge < -0.3 is 4.74 Å². The van der Waals surface area contributed by atoms with Crippen molar-refractivity contribution in [1.82, 2.24) is 0 Å². The number of benzene rings is 1. The van der Waals surface area contributed by atoms with Gasteiger partial charge in [-0.1, -0.05) is 12.1 Å². The molecule has 61 valence electrons. The van der Waals surface area contributed by atoms with Gasteiger partial charge in [0.15, 0.2) is 0 Å². The molecule has 1 nitrogen and oxygen atoms in total. The predicted octanol–water partition coefficient (Wildman–Crippen LogP) is 3.09. The van der Waals surface area contributed by atoms with Gasteiger partial charge in [0.05, 0.1) is 11.8 Å². The van der Waals surface area contributed by atoms with Crippen molar-refractivity contribution in [1.29, 1.82) is 0 Å². The Balaban J connectivity index is 2.81. The maximum Gasteiger partial charge on any atom is 0.136 e. The first-order chi connectivity index (χ1) is 5.83. The molecule has 2 aromatic rings. The fourth-order valence-corrected chi connectivity index (χ4v) is 2.23. The molecule has 0 aliphatic rings. The van der Waals surface area contributed by atoms with Crippen molar-refractivity contribution >= 4 is 21.4 Å². The molecule has 0 saturated heterocycles. The van der Waals surface area contributed by atoms with Crippen LogP contribution in [-0.4, -0.2) is 7.11 Å². The predicted molar refractivity (Wildman–Crippen MR) is 52.8 cm³/mol. The lowest BCUT2D eigenvalue weighted by Crippen LogP contribution is -1.81. The molecule has 0 aliphatic carbocycles. The molecule has 12 heavy (non-hydrogen) atoms. The number of ether oxygens (including phenoxy) is 1. The van der Waals surface area contributed by atoms with E-state index >= 15 is 0 Å². The molecule has 0 saturated carbocycles. The first-order valence-electron chi connectivity index (χ1n) is 3.69. The highest BCUT2D eigenvalue weighted by molar-refractivity contribution is 7.17. The fraction of sp³-hybridized carbons (Fsp3) is 0.100. The first-order valence-corrected chi connectivity index (χ1v) is 4.57. The Hall–Kier alpha value is -1.02. The number of fused-ring (bicyclic) bond motifs is 1. The molecule has 1 radical (unpaired) electrons. The van der Waals surface area contributed by atoms with Crippen molar-refractivity contribution in [3.63, 3.8) is 0 Å². The first kappa shape index (κ1) is 7.62. The summed E-state index contributed by atoms with van der Waals surface area (Å²) in [5.41, 5.74) is 1.08. The molecule has 1 aromatic carbocycles. The number of hydrogen-bond donors (Lipinski definition) is 0. The zero-order valence-corrected chi connectivity index (χ0v) is 7.65. The van der Waals surface area contributed by atoms with Crippen LogP contribution in [0.5, 0.6) is 5.75 Å². The molecule has 2 heteroatoms. The third-order valence-electron chi connectivity index (χ3n) is 1.86. The molecule has 0 spiro atoms. The van der Waals surface area contributed by atoms with Gasteiger partial charge >= 0.3 is 0 Å². The number of hydrogen-bond acceptors (Lipinski definition) is 2. The lowest BCUT2D eigenvalue weighted by atomic mass is 10.2. The van der Waals surface area contributed by atoms with E-state index in [2.05, 4.69) is 13.0 Å². The van der Waals surface area contributed by atoms with Crippen LogP contribution in [0.1, 0.15) is 5.56 Å². The largest absolute Gasteiger partial charge is 0.495 e. The quantitative estimate of drug-likeness (QED) is 0.650. The molecule has 0 N–H and O–H groups in total. The molecular formula is C10H9OS. The Bertz CT molecular complexity index is 403. The second-order valence-corrected chi connectivity index (χ2v) is 3.48. The van der Waals surface area contributed by atoms with Gasteiger partial charge in [-0.3, -0.25) is 0 Å². The van der Waals surface area contributed by atoms with E-state index in [4.69, 9.17) is 4.74 Å². The standard InChI is InChI=1S/C10H9OS/c1-7-6-12-10-8(7)4-3-5-9(10)11-2/h3-6H,1H2,2H3. The van der Waals surface area contributed by atoms with Crippen molar-refractivity contribution in [3.8, 4) is 5.75 Å². The summed E-state index contributed by atoms with van der Waals surface area (Å²) < 4.78 is 6.41. The maximum absolute atomic E-state index is 5.22. The summed E-state index contributed by atoms with van der Waals surface area (Å²) in [6.07, 6.45) is 0. The highest BCUT2D eigenvalue weighted by atomic mass is 32.1. The van der Waals surface area contributed by atoms with Gasteiger partial charge in [-0.2, -0.15) is 0 Å². The lowest BCUT2D eigenvalue weighted by molar-refractivity contribution is 0.420. The highest BCUT2D eigenvalue weighted by Gasteiger charge is 2.03. The average Bonchev–Trinajstić information content (AvgIpc) is 2.48. The summed E-state index contributed by atoms with van der Waals surface area (Å²) in [5.74, 6) is 0.937. The summed E-state index contributed by atoms with van der Waals surface area (Å²) in [6.45, 7) is 3.94. The van der Waals surface area contributed by atoms with E-state index in [0.29, 0.717) is 0 Å². The topological polar surface area (TPSA) is 9.23 Å². The average molecular weight is 177 g/mol. The van der Waals surface area contributed by atoms with Crippen LogP contribution in [0.4, 0.5) is 0 Å². The van der Waals surface area contributed by atoms with Crippen LogP contribution in [0.15, 0.2) is 23.6 Å². The van der Waals surface area contributed by atoms with E-state index in [9.17, 15) is 0 Å². The smallest absolute Gasteiger partial charge is 0.136 e. The van der Waals surface area contributed by atoms with Crippen LogP contribution < -0.4 is 4.74 Å². The minimum atomic E-state index is 0.937. The number of methoxy groups -OCH3 is 1. The van der Waals surface area contributed by atoms with Gasteiger partial charge in [0.25, 0.3) is 0 Å². The Morgan fingerprint density at radius 3 is 3.00 bits per heavy atom. The molecule has 0 aliphatic heterocycles. The molecule has 1 heterocycles. The Morgan fingerprint density at radius 2 is 2.25 bits per heavy atom. The van der Waals surface area contributed by atoms with Crippen molar-refractivity contribution in [2.45, 2.75) is 0 Å². The summed E-state index contributed by atoms with van der Waals surface area (Å²) >= 11 is 1.68. The Morgan fingerprint density at radius 1 is 1.42 bits per heavy atom. The summed E-state index contributed by atoms with van der Waals surface area (Å²) in [5, 5.41) is 3.24. The minimum Gasteiger partial charge on any atom is -0.495 e. The van der Waals surface area contributed by atoms with Crippen LogP contribution in [0, 0.1) is 6.92 Å². The molecule has 0 atom stereocenters. The number of rotatable bonds is 1. The van der Waals surface area contributed by atoms with Gasteiger partial charge in [-0.05, 0) is 29.3 Å². The maximum atomic E-state index is 5.22. The van der Waals surface area contributed by atoms with Gasteiger partial charge in [0, 0.05) is 0 Å². The molecule has 0 fully saturated rings. The number of thiophene rings is 1. The molecule has 0 unspecified atom stereocenters. The van der Waals surface area contributed by atoms with Crippen molar-refractivity contribution in [3.05, 3.63) is 36.1 Å². The van der Waals surface area contributed by atoms with E-state index < -0.39 is 0 Å². The second-order valence-electron chi connectivity index (χ2n) is 2.60. The van der Waals surface area contributed by atoms with Crippen molar-refractivity contribution in [2.75, 3.05) is 7.11 Å². The summed E-state index contributed by atoms with van der Waals surface area (Å²) in [6, 6.07) is 6.03. The molecule has 2 rings (SSSR count). The zero-order chi connectivity index (χ0) is 8.55. The van der Waals surface area contributed by atoms with E-state index in [-0.39, 0.29) is 0 Å². The van der Waals surface area contributed by atoms with Crippen LogP contribution >= 0.6 is 11.3 Å². The van der Waals surface area contributed by atoms with Crippen molar-refractivity contribution in [2.24, 2.45) is 0 Å². The molecule has 1 aromatic heterocycles. The van der Waals surface area contributed by atoms with Crippen LogP contribution in [-0.2, 0) is 0 Å². The van der Waals surface area contributed by atoms with E-state index in [1.807, 2.05) is 17.5 Å². The normalized spacial score (nSPS) is 10.5. The van der Waals surface area contributed by atoms with Crippen molar-refractivity contribution < 1.29 is 4.74 Å². The van der Waals surface area contributed by atoms with Gasteiger partial charge in [0.1, 0.15) is 5.75 Å². The van der Waals surface area contributed by atoms with Crippen LogP contribution in [0.25, 0.3) is 10.1 Å². The Kier molecular flexibility index (Phi) is 1.77. The third-order valence-corrected chi connectivity index (χ3v) is 2.92. The monoisotopic (exact) mass is 177 g/mol. The molecule has 0 bridgehead atoms. The van der Waals surface area contributed by atoms with E-state index in [0.717, 1.165) is 11.3 Å². The van der Waals surface area contributed by atoms with Crippen LogP contribution in [0.2, 0.25) is 0 Å².